The molecule has 1 aromatic rings. The predicted molar refractivity (Wildman–Crippen MR) is 93.9 cm³/mol. The van der Waals surface area contributed by atoms with E-state index in [1.165, 1.54) is 29.2 Å². The Morgan fingerprint density at radius 3 is 2.83 bits per heavy atom. The minimum absolute atomic E-state index is 0.0704. The number of nitrogens with zero attached hydrogens (tertiary/aromatic N) is 4. The molecule has 24 heavy (non-hydrogen) atoms. The summed E-state index contributed by atoms with van der Waals surface area (Å²) < 4.78 is 0. The SMILES string of the molecule is CC1CCN(Cc2csc(NC(=O)C3=NN(C)C(=O)CC3)n2)CC1. The molecule has 1 N–H and O–H groups in total. The first-order valence-electron chi connectivity index (χ1n) is 8.33. The Morgan fingerprint density at radius 2 is 2.12 bits per heavy atom. The van der Waals surface area contributed by atoms with Crippen LogP contribution in [0, 0.1) is 5.92 Å². The lowest BCUT2D eigenvalue weighted by molar-refractivity contribution is -0.130. The molecule has 3 rings (SSSR count). The quantitative estimate of drug-likeness (QED) is 0.901. The molecular weight excluding hydrogens is 326 g/mol. The van der Waals surface area contributed by atoms with Crippen LogP contribution in [0.1, 0.15) is 38.3 Å². The van der Waals surface area contributed by atoms with Gasteiger partial charge in [0.25, 0.3) is 5.91 Å². The molecule has 2 aliphatic heterocycles. The maximum atomic E-state index is 12.2. The standard InChI is InChI=1S/C16H23N5O2S/c1-11-5-7-21(8-6-11)9-12-10-24-16(17-12)18-15(23)13-3-4-14(22)20(2)19-13/h10-11H,3-9H2,1-2H3,(H,17,18,23). The first-order chi connectivity index (χ1) is 11.5. The highest BCUT2D eigenvalue weighted by Gasteiger charge is 2.23. The van der Waals surface area contributed by atoms with E-state index in [-0.39, 0.29) is 11.8 Å². The zero-order chi connectivity index (χ0) is 17.1. The lowest BCUT2D eigenvalue weighted by Crippen LogP contribution is -2.34. The van der Waals surface area contributed by atoms with Crippen LogP contribution in [-0.4, -0.2) is 52.6 Å². The molecule has 2 amide bonds. The third kappa shape index (κ3) is 4.18. The Bertz CT molecular complexity index is 649. The number of thiazole rings is 1. The number of amides is 2. The topological polar surface area (TPSA) is 77.9 Å². The van der Waals surface area contributed by atoms with E-state index >= 15 is 0 Å². The summed E-state index contributed by atoms with van der Waals surface area (Å²) in [4.78, 5) is 30.5. The van der Waals surface area contributed by atoms with E-state index in [0.29, 0.717) is 23.7 Å². The van der Waals surface area contributed by atoms with Gasteiger partial charge in [-0.2, -0.15) is 5.10 Å². The van der Waals surface area contributed by atoms with E-state index in [0.717, 1.165) is 31.2 Å². The highest BCUT2D eigenvalue weighted by atomic mass is 32.1. The van der Waals surface area contributed by atoms with Gasteiger partial charge in [0.05, 0.1) is 5.69 Å². The average molecular weight is 349 g/mol. The second-order valence-corrected chi connectivity index (χ2v) is 7.38. The lowest BCUT2D eigenvalue weighted by Gasteiger charge is -2.29. The van der Waals surface area contributed by atoms with Gasteiger partial charge < -0.3 is 0 Å². The van der Waals surface area contributed by atoms with Crippen LogP contribution in [0.5, 0.6) is 0 Å². The summed E-state index contributed by atoms with van der Waals surface area (Å²) in [6.07, 6.45) is 3.16. The molecule has 0 unspecified atom stereocenters. The smallest absolute Gasteiger partial charge is 0.273 e. The van der Waals surface area contributed by atoms with Crippen molar-refractivity contribution in [1.82, 2.24) is 14.9 Å². The number of carbonyl (C=O) groups is 2. The van der Waals surface area contributed by atoms with E-state index < -0.39 is 0 Å². The van der Waals surface area contributed by atoms with Gasteiger partial charge in [0, 0.05) is 31.8 Å². The van der Waals surface area contributed by atoms with Gasteiger partial charge in [-0.15, -0.1) is 11.3 Å². The summed E-state index contributed by atoms with van der Waals surface area (Å²) in [5, 5.41) is 10.6. The van der Waals surface area contributed by atoms with Crippen molar-refractivity contribution in [3.63, 3.8) is 0 Å². The molecular formula is C16H23N5O2S. The van der Waals surface area contributed by atoms with Crippen LogP contribution in [-0.2, 0) is 16.1 Å². The third-order valence-corrected chi connectivity index (χ3v) is 5.31. The fourth-order valence-corrected chi connectivity index (χ4v) is 3.58. The fourth-order valence-electron chi connectivity index (χ4n) is 2.89. The molecule has 8 heteroatoms. The van der Waals surface area contributed by atoms with Crippen LogP contribution in [0.15, 0.2) is 10.5 Å². The number of hydrogen-bond donors (Lipinski definition) is 1. The van der Waals surface area contributed by atoms with Gasteiger partial charge in [-0.25, -0.2) is 9.99 Å². The van der Waals surface area contributed by atoms with Crippen molar-refractivity contribution in [3.05, 3.63) is 11.1 Å². The van der Waals surface area contributed by atoms with Gasteiger partial charge in [0.15, 0.2) is 5.13 Å². The zero-order valence-electron chi connectivity index (χ0n) is 14.1. The Labute approximate surface area is 145 Å². The van der Waals surface area contributed by atoms with Crippen molar-refractivity contribution in [2.75, 3.05) is 25.5 Å². The molecule has 3 heterocycles. The van der Waals surface area contributed by atoms with Crippen molar-refractivity contribution in [2.45, 2.75) is 39.2 Å². The molecule has 0 aromatic carbocycles. The van der Waals surface area contributed by atoms with Crippen LogP contribution in [0.4, 0.5) is 5.13 Å². The van der Waals surface area contributed by atoms with Crippen molar-refractivity contribution in [2.24, 2.45) is 11.0 Å². The van der Waals surface area contributed by atoms with E-state index in [1.807, 2.05) is 5.38 Å². The number of nitrogens with one attached hydrogen (secondary N) is 1. The summed E-state index contributed by atoms with van der Waals surface area (Å²) >= 11 is 1.43. The molecule has 0 atom stereocenters. The van der Waals surface area contributed by atoms with Gasteiger partial charge in [-0.05, 0) is 31.8 Å². The maximum absolute atomic E-state index is 12.2. The van der Waals surface area contributed by atoms with E-state index in [4.69, 9.17) is 0 Å². The number of hydrogen-bond acceptors (Lipinski definition) is 6. The van der Waals surface area contributed by atoms with Crippen molar-refractivity contribution in [3.8, 4) is 0 Å². The number of aromatic nitrogens is 1. The Kier molecular flexibility index (Phi) is 5.25. The fraction of sp³-hybridized carbons (Fsp3) is 0.625. The highest BCUT2D eigenvalue weighted by Crippen LogP contribution is 2.21. The molecule has 0 radical (unpaired) electrons. The normalized spacial score (nSPS) is 20.2. The second-order valence-electron chi connectivity index (χ2n) is 6.52. The van der Waals surface area contributed by atoms with Crippen LogP contribution < -0.4 is 5.32 Å². The molecule has 1 saturated heterocycles. The molecule has 0 saturated carbocycles. The molecule has 2 aliphatic rings. The largest absolute Gasteiger partial charge is 0.297 e. The zero-order valence-corrected chi connectivity index (χ0v) is 14.9. The summed E-state index contributed by atoms with van der Waals surface area (Å²) in [6.45, 7) is 5.35. The molecule has 0 bridgehead atoms. The maximum Gasteiger partial charge on any atom is 0.273 e. The summed E-state index contributed by atoms with van der Waals surface area (Å²) in [5.74, 6) is 0.466. The van der Waals surface area contributed by atoms with Gasteiger partial charge >= 0.3 is 0 Å². The monoisotopic (exact) mass is 349 g/mol. The van der Waals surface area contributed by atoms with Gasteiger partial charge in [0.1, 0.15) is 5.71 Å². The Hall–Kier alpha value is -1.80. The Balaban J connectivity index is 1.55. The van der Waals surface area contributed by atoms with E-state index in [2.05, 4.69) is 27.2 Å². The molecule has 1 fully saturated rings. The third-order valence-electron chi connectivity index (χ3n) is 4.50. The molecule has 0 aliphatic carbocycles. The van der Waals surface area contributed by atoms with Gasteiger partial charge in [-0.1, -0.05) is 6.92 Å². The molecule has 1 aromatic heterocycles. The number of carbonyl (C=O) groups excluding carboxylic acids is 2. The first kappa shape index (κ1) is 17.0. The molecule has 130 valence electrons. The summed E-state index contributed by atoms with van der Waals surface area (Å²) in [7, 11) is 1.57. The van der Waals surface area contributed by atoms with Crippen LogP contribution in [0.2, 0.25) is 0 Å². The molecule has 7 nitrogen and oxygen atoms in total. The van der Waals surface area contributed by atoms with Crippen molar-refractivity contribution in [1.29, 1.82) is 0 Å². The van der Waals surface area contributed by atoms with Crippen LogP contribution in [0.3, 0.4) is 0 Å². The average Bonchev–Trinajstić information content (AvgIpc) is 2.99. The minimum atomic E-state index is -0.276. The van der Waals surface area contributed by atoms with Crippen LogP contribution >= 0.6 is 11.3 Å². The van der Waals surface area contributed by atoms with Crippen molar-refractivity contribution >= 4 is 34.0 Å². The van der Waals surface area contributed by atoms with Crippen LogP contribution in [0.25, 0.3) is 0 Å². The number of anilines is 1. The second kappa shape index (κ2) is 7.40. The predicted octanol–water partition coefficient (Wildman–Crippen LogP) is 1.92. The number of piperidine rings is 1. The summed E-state index contributed by atoms with van der Waals surface area (Å²) in [6, 6.07) is 0. The van der Waals surface area contributed by atoms with Gasteiger partial charge in [-0.3, -0.25) is 19.8 Å². The first-order valence-corrected chi connectivity index (χ1v) is 9.21. The number of hydrazone groups is 1. The van der Waals surface area contributed by atoms with E-state index in [9.17, 15) is 9.59 Å². The van der Waals surface area contributed by atoms with Gasteiger partial charge in [0.2, 0.25) is 5.91 Å². The lowest BCUT2D eigenvalue weighted by atomic mass is 9.99. The summed E-state index contributed by atoms with van der Waals surface area (Å²) in [5.41, 5.74) is 1.36. The minimum Gasteiger partial charge on any atom is -0.297 e. The Morgan fingerprint density at radius 1 is 1.38 bits per heavy atom. The van der Waals surface area contributed by atoms with E-state index in [1.54, 1.807) is 7.05 Å². The number of likely N-dealkylation sites (tertiary alicyclic amines) is 1. The van der Waals surface area contributed by atoms with Crippen molar-refractivity contribution < 1.29 is 9.59 Å². The number of rotatable bonds is 4. The highest BCUT2D eigenvalue weighted by molar-refractivity contribution is 7.14. The molecule has 0 spiro atoms.